The van der Waals surface area contributed by atoms with E-state index in [9.17, 15) is 55.0 Å². The number of nitrogens with zero attached hydrogens (tertiary/aromatic N) is 2. The molecule has 14 nitrogen and oxygen atoms in total. The summed E-state index contributed by atoms with van der Waals surface area (Å²) >= 11 is 0. The molecule has 19 heteroatoms. The Morgan fingerprint density at radius 3 is 1.79 bits per heavy atom. The van der Waals surface area contributed by atoms with Crippen molar-refractivity contribution in [3.63, 3.8) is 0 Å². The van der Waals surface area contributed by atoms with Crippen LogP contribution in [0.3, 0.4) is 0 Å². The number of ketones is 2. The summed E-state index contributed by atoms with van der Waals surface area (Å²) in [7, 11) is -9.62. The van der Waals surface area contributed by atoms with Crippen molar-refractivity contribution < 1.29 is 139 Å². The molecule has 0 aliphatic carbocycles. The molecule has 0 radical (unpaired) electrons. The van der Waals surface area contributed by atoms with E-state index in [0.717, 1.165) is 32.1 Å². The molecule has 2 heterocycles. The maximum absolute atomic E-state index is 13.0. The van der Waals surface area contributed by atoms with Crippen molar-refractivity contribution >= 4 is 49.7 Å². The third-order valence-corrected chi connectivity index (χ3v) is 7.15. The molecule has 0 fully saturated rings. The Labute approximate surface area is 308 Å². The molecule has 1 aromatic heterocycles. The van der Waals surface area contributed by atoms with Crippen molar-refractivity contribution in [1.29, 1.82) is 0 Å². The van der Waals surface area contributed by atoms with E-state index in [4.69, 9.17) is 0 Å². The zero-order chi connectivity index (χ0) is 30.0. The van der Waals surface area contributed by atoms with E-state index in [2.05, 4.69) is 0 Å². The van der Waals surface area contributed by atoms with Crippen LogP contribution in [0, 0.1) is 6.92 Å². The summed E-state index contributed by atoms with van der Waals surface area (Å²) in [4.78, 5) is 62.9. The van der Waals surface area contributed by atoms with E-state index in [1.807, 2.05) is 0 Å². The second-order valence-corrected chi connectivity index (χ2v) is 11.6. The second kappa shape index (κ2) is 17.1. The molecule has 0 atom stereocenters. The average molecular weight is 653 g/mol. The van der Waals surface area contributed by atoms with Crippen LogP contribution in [0.25, 0.3) is 6.08 Å². The van der Waals surface area contributed by atoms with Crippen LogP contribution in [-0.2, 0) is 41.2 Å². The number of aromatic nitrogens is 1. The third-order valence-electron chi connectivity index (χ3n) is 5.79. The summed E-state index contributed by atoms with van der Waals surface area (Å²) in [5.41, 5.74) is -2.55. The number of imide groups is 1. The number of pyridine rings is 1. The number of carbonyl (C=O) groups excluding carboxylic acids is 4. The van der Waals surface area contributed by atoms with Crippen LogP contribution in [0.2, 0.25) is 0 Å². The van der Waals surface area contributed by atoms with Gasteiger partial charge in [0.15, 0.2) is 11.6 Å². The van der Waals surface area contributed by atoms with Crippen LogP contribution in [0.1, 0.15) is 42.3 Å². The van der Waals surface area contributed by atoms with Gasteiger partial charge in [0.25, 0.3) is 17.4 Å². The summed E-state index contributed by atoms with van der Waals surface area (Å²) in [6.45, 7) is 3.04. The third kappa shape index (κ3) is 10.7. The quantitative estimate of drug-likeness (QED) is 0.0573. The Kier molecular flexibility index (Phi) is 17.7. The van der Waals surface area contributed by atoms with Crippen molar-refractivity contribution in [1.82, 2.24) is 9.47 Å². The number of amides is 2. The molecule has 1 aliphatic heterocycles. The van der Waals surface area contributed by atoms with Crippen LogP contribution >= 0.6 is 0 Å². The van der Waals surface area contributed by atoms with Gasteiger partial charge in [0.2, 0.25) is 0 Å². The van der Waals surface area contributed by atoms with E-state index in [-0.39, 0.29) is 111 Å². The van der Waals surface area contributed by atoms with Gasteiger partial charge in [-0.2, -0.15) is 0 Å². The molecule has 0 saturated carbocycles. The van der Waals surface area contributed by atoms with Crippen molar-refractivity contribution in [2.24, 2.45) is 0 Å². The van der Waals surface area contributed by atoms with E-state index >= 15 is 0 Å². The SMILES string of the molecule is CC(=O)C1=C(C)/C(=C/C=Cc2c(C)c(C(C)=O)c(=O)n(CCS(=O)(=O)[O-])c2[O-])C(=O)N(CCS(=O)(=O)[O-])C1=O.[Na+].[Na+].[Na+]. The molecule has 0 N–H and O–H groups in total. The number of hydrogen-bond donors (Lipinski definition) is 0. The van der Waals surface area contributed by atoms with Gasteiger partial charge in [-0.3, -0.25) is 28.9 Å². The topological polar surface area (TPSA) is 231 Å². The van der Waals surface area contributed by atoms with Crippen molar-refractivity contribution in [3.05, 3.63) is 55.9 Å². The smallest absolute Gasteiger partial charge is 0.860 e. The molecule has 0 spiro atoms. The maximum Gasteiger partial charge on any atom is 1.00 e. The number of allylic oxidation sites excluding steroid dienone is 2. The molecule has 1 aliphatic rings. The van der Waals surface area contributed by atoms with Gasteiger partial charge >= 0.3 is 88.7 Å². The van der Waals surface area contributed by atoms with Crippen LogP contribution in [0.15, 0.2) is 33.7 Å². The summed E-state index contributed by atoms with van der Waals surface area (Å²) in [5.74, 6) is -6.79. The Balaban J connectivity index is 0. The summed E-state index contributed by atoms with van der Waals surface area (Å²) < 4.78 is 66.6. The summed E-state index contributed by atoms with van der Waals surface area (Å²) in [6.07, 6.45) is 3.31. The predicted octanol–water partition coefficient (Wildman–Crippen LogP) is -10.3. The molecule has 0 unspecified atom stereocenters. The molecule has 2 rings (SSSR count). The van der Waals surface area contributed by atoms with E-state index in [0.29, 0.717) is 9.47 Å². The number of hydrogen-bond acceptors (Lipinski definition) is 12. The van der Waals surface area contributed by atoms with Gasteiger partial charge in [-0.15, -0.1) is 0 Å². The minimum atomic E-state index is -4.81. The Morgan fingerprint density at radius 2 is 1.33 bits per heavy atom. The molecule has 0 saturated heterocycles. The Bertz CT molecular complexity index is 1660. The molecule has 1 aromatic rings. The largest absolute Gasteiger partial charge is 1.00 e. The monoisotopic (exact) mass is 652 g/mol. The first-order valence-corrected chi connectivity index (χ1v) is 14.2. The van der Waals surface area contributed by atoms with Crippen LogP contribution in [0.4, 0.5) is 0 Å². The van der Waals surface area contributed by atoms with Gasteiger partial charge in [0.1, 0.15) is 0 Å². The number of carbonyl (C=O) groups is 4. The van der Waals surface area contributed by atoms with Crippen molar-refractivity contribution in [2.45, 2.75) is 34.2 Å². The summed E-state index contributed by atoms with van der Waals surface area (Å²) in [6, 6.07) is 0. The molecular weight excluding hydrogens is 629 g/mol. The predicted molar refractivity (Wildman–Crippen MR) is 131 cm³/mol. The molecular formula is C23H23N2Na3O12S2. The maximum atomic E-state index is 13.0. The first-order valence-electron chi connectivity index (χ1n) is 11.1. The van der Waals surface area contributed by atoms with E-state index < -0.39 is 90.8 Å². The molecule has 42 heavy (non-hydrogen) atoms. The fourth-order valence-electron chi connectivity index (χ4n) is 3.93. The second-order valence-electron chi connectivity index (χ2n) is 8.51. The van der Waals surface area contributed by atoms with Crippen molar-refractivity contribution in [3.8, 4) is 5.88 Å². The first kappa shape index (κ1) is 43.4. The minimum absolute atomic E-state index is 0. The van der Waals surface area contributed by atoms with Gasteiger partial charge in [-0.25, -0.2) is 16.8 Å². The number of rotatable bonds is 10. The van der Waals surface area contributed by atoms with Crippen LogP contribution < -0.4 is 99.3 Å². The Hall–Kier alpha value is -0.730. The van der Waals surface area contributed by atoms with E-state index in [1.165, 1.54) is 13.8 Å². The normalized spacial score (nSPS) is 14.9. The van der Waals surface area contributed by atoms with Gasteiger partial charge in [-0.1, -0.05) is 12.2 Å². The van der Waals surface area contributed by atoms with Crippen LogP contribution in [0.5, 0.6) is 5.88 Å². The van der Waals surface area contributed by atoms with Gasteiger partial charge in [-0.05, 0) is 56.4 Å². The molecule has 2 amide bonds. The fraction of sp³-hybridized carbons (Fsp3) is 0.348. The van der Waals surface area contributed by atoms with E-state index in [1.54, 1.807) is 0 Å². The van der Waals surface area contributed by atoms with Gasteiger partial charge in [0, 0.05) is 18.7 Å². The first-order chi connectivity index (χ1) is 17.8. The molecule has 212 valence electrons. The molecule has 0 aromatic carbocycles. The number of Topliss-reactive ketones (excluding diaryl/α,β-unsaturated/α-hetero) is 2. The minimum Gasteiger partial charge on any atom is -0.860 e. The van der Waals surface area contributed by atoms with Gasteiger partial charge in [0.05, 0.1) is 42.9 Å². The Morgan fingerprint density at radius 1 is 0.833 bits per heavy atom. The van der Waals surface area contributed by atoms with Crippen molar-refractivity contribution in [2.75, 3.05) is 18.1 Å². The molecule has 0 bridgehead atoms. The zero-order valence-electron chi connectivity index (χ0n) is 24.2. The fourth-order valence-corrected chi connectivity index (χ4v) is 4.74. The van der Waals surface area contributed by atoms with Crippen LogP contribution in [-0.4, -0.2) is 76.8 Å². The summed E-state index contributed by atoms with van der Waals surface area (Å²) in [5, 5.41) is 13.0. The zero-order valence-corrected chi connectivity index (χ0v) is 31.8. The standard InChI is InChI=1S/C23H26N2O12S2.3Na/c1-12-16(20(28)24(8-10-38(32,33)34)22(30)18(12)14(3)26)6-5-7-17-13(2)19(15(4)27)23(31)25(21(17)29)9-11-39(35,36)37;;;/h5-7,28H,8-11H2,1-4H3,(H,32,33,34)(H,35,36,37);;;/q;3*+1/p-3/b6-5?,17-7-;;;. The average Bonchev–Trinajstić information content (AvgIpc) is 2.75. The van der Waals surface area contributed by atoms with Gasteiger partial charge < -0.3 is 18.8 Å².